The molecule has 0 saturated carbocycles. The Bertz CT molecular complexity index is 334. The maximum Gasteiger partial charge on any atom is 0.343 e. The predicted octanol–water partition coefficient (Wildman–Crippen LogP) is 1.18. The molecule has 0 unspecified atom stereocenters. The lowest BCUT2D eigenvalue weighted by atomic mass is 10.5. The van der Waals surface area contributed by atoms with Gasteiger partial charge < -0.3 is 5.11 Å². The highest BCUT2D eigenvalue weighted by molar-refractivity contribution is 6.36. The van der Waals surface area contributed by atoms with Gasteiger partial charge in [0.1, 0.15) is 6.61 Å². The molecule has 0 radical (unpaired) electrons. The highest BCUT2D eigenvalue weighted by Crippen LogP contribution is 2.28. The normalized spacial score (nSPS) is 10.1. The van der Waals surface area contributed by atoms with Gasteiger partial charge >= 0.3 is 5.69 Å². The van der Waals surface area contributed by atoms with Crippen LogP contribution in [0.1, 0.15) is 5.82 Å². The highest BCUT2D eigenvalue weighted by Gasteiger charge is 2.21. The largest absolute Gasteiger partial charge is 0.388 e. The van der Waals surface area contributed by atoms with Crippen molar-refractivity contribution in [2.75, 3.05) is 0 Å². The summed E-state index contributed by atoms with van der Waals surface area (Å²) in [5.41, 5.74) is -0.555. The van der Waals surface area contributed by atoms with E-state index in [1.165, 1.54) is 0 Å². The van der Waals surface area contributed by atoms with Crippen LogP contribution in [0.3, 0.4) is 0 Å². The van der Waals surface area contributed by atoms with Crippen molar-refractivity contribution in [1.29, 1.82) is 0 Å². The number of halogens is 2. The van der Waals surface area contributed by atoms with E-state index in [2.05, 4.69) is 9.97 Å². The molecular weight excluding hydrogens is 221 g/mol. The number of nitrogens with zero attached hydrogens (tertiary/aromatic N) is 3. The van der Waals surface area contributed by atoms with Crippen LogP contribution in [0.2, 0.25) is 10.3 Å². The van der Waals surface area contributed by atoms with Crippen molar-refractivity contribution in [2.45, 2.75) is 6.61 Å². The Kier molecular flexibility index (Phi) is 2.97. The van der Waals surface area contributed by atoms with E-state index in [4.69, 9.17) is 28.3 Å². The smallest absolute Gasteiger partial charge is 0.343 e. The monoisotopic (exact) mass is 223 g/mol. The SMILES string of the molecule is O=[N+]([O-])c1c(Cl)nc(CO)nc1Cl. The molecule has 0 atom stereocenters. The van der Waals surface area contributed by atoms with Crippen LogP contribution in [-0.4, -0.2) is 20.0 Å². The molecule has 1 heterocycles. The van der Waals surface area contributed by atoms with E-state index in [0.29, 0.717) is 0 Å². The fourth-order valence-corrected chi connectivity index (χ4v) is 1.22. The van der Waals surface area contributed by atoms with Gasteiger partial charge in [-0.15, -0.1) is 0 Å². The molecule has 70 valence electrons. The molecule has 1 N–H and O–H groups in total. The molecule has 0 aliphatic heterocycles. The zero-order valence-electron chi connectivity index (χ0n) is 6.07. The average Bonchev–Trinajstić information content (AvgIpc) is 2.02. The number of rotatable bonds is 2. The summed E-state index contributed by atoms with van der Waals surface area (Å²) in [5, 5.41) is 18.2. The van der Waals surface area contributed by atoms with Gasteiger partial charge in [0.05, 0.1) is 4.92 Å². The van der Waals surface area contributed by atoms with E-state index < -0.39 is 17.2 Å². The Morgan fingerprint density at radius 2 is 1.85 bits per heavy atom. The zero-order chi connectivity index (χ0) is 10.0. The molecule has 1 rings (SSSR count). The third kappa shape index (κ3) is 2.03. The van der Waals surface area contributed by atoms with Gasteiger partial charge in [-0.3, -0.25) is 10.1 Å². The van der Waals surface area contributed by atoms with Gasteiger partial charge in [-0.2, -0.15) is 0 Å². The van der Waals surface area contributed by atoms with E-state index in [0.717, 1.165) is 0 Å². The fraction of sp³-hybridized carbons (Fsp3) is 0.200. The minimum atomic E-state index is -0.786. The van der Waals surface area contributed by atoms with E-state index in [9.17, 15) is 10.1 Å². The van der Waals surface area contributed by atoms with Crippen LogP contribution >= 0.6 is 23.2 Å². The molecule has 0 saturated heterocycles. The van der Waals surface area contributed by atoms with Crippen LogP contribution in [0.25, 0.3) is 0 Å². The molecule has 6 nitrogen and oxygen atoms in total. The van der Waals surface area contributed by atoms with E-state index in [1.54, 1.807) is 0 Å². The molecule has 0 aromatic carbocycles. The van der Waals surface area contributed by atoms with Crippen LogP contribution < -0.4 is 0 Å². The summed E-state index contributed by atoms with van der Waals surface area (Å²) >= 11 is 10.8. The number of aliphatic hydroxyl groups excluding tert-OH is 1. The Hall–Kier alpha value is -0.980. The number of nitro groups is 1. The minimum absolute atomic E-state index is 0.0550. The van der Waals surface area contributed by atoms with E-state index in [-0.39, 0.29) is 16.1 Å². The summed E-state index contributed by atoms with van der Waals surface area (Å²) in [5.74, 6) is -0.0550. The quantitative estimate of drug-likeness (QED) is 0.462. The summed E-state index contributed by atoms with van der Waals surface area (Å²) in [4.78, 5) is 16.5. The first-order valence-electron chi connectivity index (χ1n) is 3.03. The Morgan fingerprint density at radius 3 is 2.15 bits per heavy atom. The van der Waals surface area contributed by atoms with Crippen molar-refractivity contribution in [1.82, 2.24) is 9.97 Å². The van der Waals surface area contributed by atoms with Crippen molar-refractivity contribution in [2.24, 2.45) is 0 Å². The summed E-state index contributed by atoms with van der Waals surface area (Å²) in [6, 6.07) is 0. The molecule has 1 aromatic rings. The van der Waals surface area contributed by atoms with Crippen LogP contribution in [0, 0.1) is 10.1 Å². The molecule has 0 spiro atoms. The molecule has 0 aliphatic carbocycles. The molecule has 8 heteroatoms. The van der Waals surface area contributed by atoms with Gasteiger partial charge in [-0.1, -0.05) is 23.2 Å². The first-order valence-corrected chi connectivity index (χ1v) is 3.79. The lowest BCUT2D eigenvalue weighted by Gasteiger charge is -1.98. The summed E-state index contributed by atoms with van der Waals surface area (Å²) < 4.78 is 0. The van der Waals surface area contributed by atoms with Gasteiger partial charge in [-0.05, 0) is 0 Å². The molecule has 0 aliphatic rings. The van der Waals surface area contributed by atoms with Crippen molar-refractivity contribution >= 4 is 28.9 Å². The summed E-state index contributed by atoms with van der Waals surface area (Å²) in [7, 11) is 0. The topological polar surface area (TPSA) is 89.2 Å². The van der Waals surface area contributed by atoms with Gasteiger partial charge in [0.15, 0.2) is 5.82 Å². The average molecular weight is 224 g/mol. The zero-order valence-corrected chi connectivity index (χ0v) is 7.58. The third-order valence-corrected chi connectivity index (χ3v) is 1.70. The number of aliphatic hydroxyl groups is 1. The minimum Gasteiger partial charge on any atom is -0.388 e. The molecule has 1 aromatic heterocycles. The molecular formula is C5H3Cl2N3O3. The number of hydrogen-bond acceptors (Lipinski definition) is 5. The van der Waals surface area contributed by atoms with Gasteiger partial charge in [0.2, 0.25) is 10.3 Å². The molecule has 0 bridgehead atoms. The maximum absolute atomic E-state index is 10.3. The van der Waals surface area contributed by atoms with Crippen LogP contribution in [0.4, 0.5) is 5.69 Å². The lowest BCUT2D eigenvalue weighted by Crippen LogP contribution is -2.00. The van der Waals surface area contributed by atoms with Crippen LogP contribution in [0.15, 0.2) is 0 Å². The summed E-state index contributed by atoms with van der Waals surface area (Å²) in [6.45, 7) is -0.475. The van der Waals surface area contributed by atoms with Gasteiger partial charge in [-0.25, -0.2) is 9.97 Å². The second-order valence-electron chi connectivity index (χ2n) is 1.99. The number of hydrogen-bond donors (Lipinski definition) is 1. The van der Waals surface area contributed by atoms with Crippen molar-refractivity contribution < 1.29 is 10.0 Å². The predicted molar refractivity (Wildman–Crippen MR) is 44.6 cm³/mol. The van der Waals surface area contributed by atoms with Crippen LogP contribution in [-0.2, 0) is 6.61 Å². The van der Waals surface area contributed by atoms with Crippen LogP contribution in [0.5, 0.6) is 0 Å². The standard InChI is InChI=1S/C5H3Cl2N3O3/c6-4-3(10(12)13)5(7)9-2(1-11)8-4/h11H,1H2. The Balaban J connectivity index is 3.31. The van der Waals surface area contributed by atoms with Crippen molar-refractivity contribution in [3.63, 3.8) is 0 Å². The number of aromatic nitrogens is 2. The maximum atomic E-state index is 10.3. The van der Waals surface area contributed by atoms with E-state index in [1.807, 2.05) is 0 Å². The molecule has 13 heavy (non-hydrogen) atoms. The van der Waals surface area contributed by atoms with E-state index >= 15 is 0 Å². The first kappa shape index (κ1) is 10.1. The molecule has 0 fully saturated rings. The lowest BCUT2D eigenvalue weighted by molar-refractivity contribution is -0.385. The Labute approximate surface area is 82.3 Å². The second kappa shape index (κ2) is 3.82. The van der Waals surface area contributed by atoms with Crippen molar-refractivity contribution in [3.05, 3.63) is 26.2 Å². The Morgan fingerprint density at radius 1 is 1.38 bits per heavy atom. The van der Waals surface area contributed by atoms with Crippen molar-refractivity contribution in [3.8, 4) is 0 Å². The highest BCUT2D eigenvalue weighted by atomic mass is 35.5. The summed E-state index contributed by atoms with van der Waals surface area (Å²) in [6.07, 6.45) is 0. The van der Waals surface area contributed by atoms with Gasteiger partial charge in [0, 0.05) is 0 Å². The fourth-order valence-electron chi connectivity index (χ4n) is 0.664. The third-order valence-electron chi connectivity index (χ3n) is 1.17. The second-order valence-corrected chi connectivity index (χ2v) is 2.70. The first-order chi connectivity index (χ1) is 6.06. The molecule has 0 amide bonds. The van der Waals surface area contributed by atoms with Gasteiger partial charge in [0.25, 0.3) is 0 Å².